The van der Waals surface area contributed by atoms with Gasteiger partial charge in [-0.3, -0.25) is 4.79 Å². The maximum Gasteiger partial charge on any atom is 0.302 e. The van der Waals surface area contributed by atoms with Crippen molar-refractivity contribution in [3.63, 3.8) is 0 Å². The Labute approximate surface area is 144 Å². The number of phenolic OH excluding ortho intramolecular Hbond substituents is 1. The van der Waals surface area contributed by atoms with E-state index in [0.29, 0.717) is 23.5 Å². The second-order valence-electron chi connectivity index (χ2n) is 8.47. The van der Waals surface area contributed by atoms with Gasteiger partial charge < -0.3 is 9.84 Å². The molecule has 0 amide bonds. The number of hydrogen-bond donors (Lipinski definition) is 1. The van der Waals surface area contributed by atoms with Gasteiger partial charge >= 0.3 is 5.97 Å². The molecule has 1 aromatic rings. The van der Waals surface area contributed by atoms with Gasteiger partial charge in [0.2, 0.25) is 0 Å². The molecule has 1 aromatic carbocycles. The van der Waals surface area contributed by atoms with E-state index in [1.165, 1.54) is 42.9 Å². The summed E-state index contributed by atoms with van der Waals surface area (Å²) in [5.74, 6) is 2.23. The van der Waals surface area contributed by atoms with Crippen molar-refractivity contribution < 1.29 is 14.6 Å². The summed E-state index contributed by atoms with van der Waals surface area (Å²) in [6.45, 7) is 6.04. The van der Waals surface area contributed by atoms with Crippen LogP contribution in [0.2, 0.25) is 0 Å². The van der Waals surface area contributed by atoms with Gasteiger partial charge in [-0.05, 0) is 92.0 Å². The van der Waals surface area contributed by atoms with Crippen LogP contribution in [0.3, 0.4) is 0 Å². The van der Waals surface area contributed by atoms with Gasteiger partial charge in [0.25, 0.3) is 0 Å². The Morgan fingerprint density at radius 1 is 1.25 bits per heavy atom. The third-order valence-electron chi connectivity index (χ3n) is 7.23. The number of rotatable bonds is 1. The van der Waals surface area contributed by atoms with Gasteiger partial charge in [-0.1, -0.05) is 6.92 Å². The van der Waals surface area contributed by atoms with Crippen LogP contribution in [0, 0.1) is 24.2 Å². The van der Waals surface area contributed by atoms with Crippen LogP contribution in [0.25, 0.3) is 0 Å². The number of aromatic hydroxyl groups is 1. The molecule has 2 fully saturated rings. The van der Waals surface area contributed by atoms with E-state index in [4.69, 9.17) is 4.74 Å². The summed E-state index contributed by atoms with van der Waals surface area (Å²) in [7, 11) is 0. The highest BCUT2D eigenvalue weighted by Crippen LogP contribution is 2.62. The third kappa shape index (κ3) is 2.28. The Bertz CT molecular complexity index is 680. The molecule has 0 saturated heterocycles. The van der Waals surface area contributed by atoms with Crippen LogP contribution in [-0.2, 0) is 16.0 Å². The van der Waals surface area contributed by atoms with E-state index >= 15 is 0 Å². The van der Waals surface area contributed by atoms with Crippen LogP contribution in [0.15, 0.2) is 12.1 Å². The van der Waals surface area contributed by atoms with Crippen LogP contribution < -0.4 is 0 Å². The van der Waals surface area contributed by atoms with Crippen LogP contribution in [0.1, 0.15) is 68.6 Å². The molecule has 24 heavy (non-hydrogen) atoms. The molecule has 4 rings (SSSR count). The Hall–Kier alpha value is -1.51. The number of benzene rings is 1. The second-order valence-corrected chi connectivity index (χ2v) is 8.47. The van der Waals surface area contributed by atoms with Gasteiger partial charge in [0.05, 0.1) is 0 Å². The molecule has 3 nitrogen and oxygen atoms in total. The zero-order valence-corrected chi connectivity index (χ0v) is 15.0. The van der Waals surface area contributed by atoms with Crippen LogP contribution in [0.5, 0.6) is 5.75 Å². The van der Waals surface area contributed by atoms with Gasteiger partial charge in [-0.25, -0.2) is 0 Å². The Kier molecular flexibility index (Phi) is 3.67. The topological polar surface area (TPSA) is 46.5 Å². The average molecular weight is 328 g/mol. The van der Waals surface area contributed by atoms with Gasteiger partial charge in [0.15, 0.2) is 0 Å². The normalized spacial score (nSPS) is 37.3. The summed E-state index contributed by atoms with van der Waals surface area (Å²) in [6, 6.07) is 3.90. The number of carbonyl (C=O) groups excluding carboxylic acids is 1. The second kappa shape index (κ2) is 5.50. The predicted molar refractivity (Wildman–Crippen MR) is 93.0 cm³/mol. The molecule has 0 spiro atoms. The van der Waals surface area contributed by atoms with Gasteiger partial charge in [0, 0.05) is 12.3 Å². The average Bonchev–Trinajstić information content (AvgIpc) is 2.83. The number of esters is 1. The van der Waals surface area contributed by atoms with E-state index in [1.54, 1.807) is 0 Å². The van der Waals surface area contributed by atoms with E-state index in [0.717, 1.165) is 19.3 Å². The molecule has 0 aromatic heterocycles. The molecule has 5 atom stereocenters. The summed E-state index contributed by atoms with van der Waals surface area (Å²) >= 11 is 0. The third-order valence-corrected chi connectivity index (χ3v) is 7.23. The Morgan fingerprint density at radius 3 is 2.79 bits per heavy atom. The highest BCUT2D eigenvalue weighted by atomic mass is 16.5. The first-order valence-electron chi connectivity index (χ1n) is 9.40. The number of phenols is 1. The molecule has 0 aliphatic heterocycles. The number of aryl methyl sites for hydroxylation is 2. The molecule has 3 heteroatoms. The first-order chi connectivity index (χ1) is 11.4. The minimum absolute atomic E-state index is 0.100. The van der Waals surface area contributed by atoms with Gasteiger partial charge in [-0.2, -0.15) is 0 Å². The molecule has 1 N–H and O–H groups in total. The van der Waals surface area contributed by atoms with Gasteiger partial charge in [0.1, 0.15) is 11.9 Å². The van der Waals surface area contributed by atoms with Crippen LogP contribution >= 0.6 is 0 Å². The molecule has 0 bridgehead atoms. The summed E-state index contributed by atoms with van der Waals surface area (Å²) in [5, 5.41) is 9.93. The number of carbonyl (C=O) groups is 1. The highest BCUT2D eigenvalue weighted by molar-refractivity contribution is 5.66. The van der Waals surface area contributed by atoms with Crippen molar-refractivity contribution in [3.8, 4) is 5.75 Å². The van der Waals surface area contributed by atoms with Gasteiger partial charge in [-0.15, -0.1) is 0 Å². The fraction of sp³-hybridized carbons (Fsp3) is 0.667. The minimum atomic E-state index is -0.135. The van der Waals surface area contributed by atoms with Crippen LogP contribution in [-0.4, -0.2) is 17.2 Å². The molecular weight excluding hydrogens is 300 g/mol. The zero-order valence-electron chi connectivity index (χ0n) is 15.0. The van der Waals surface area contributed by atoms with E-state index in [9.17, 15) is 9.90 Å². The standard InChI is InChI=1S/C21H28O3/c1-12-10-15(23)11-14-4-5-16-17(20(12)14)8-9-21(3)18(16)6-7-19(21)24-13(2)22/h10-11,16-19,23H,4-9H2,1-3H3. The summed E-state index contributed by atoms with van der Waals surface area (Å²) in [4.78, 5) is 11.5. The smallest absolute Gasteiger partial charge is 0.302 e. The summed E-state index contributed by atoms with van der Waals surface area (Å²) < 4.78 is 5.70. The molecule has 0 heterocycles. The lowest BCUT2D eigenvalue weighted by Gasteiger charge is -2.50. The summed E-state index contributed by atoms with van der Waals surface area (Å²) in [6.07, 6.45) is 6.88. The number of fused-ring (bicyclic) bond motifs is 5. The lowest BCUT2D eigenvalue weighted by molar-refractivity contribution is -0.154. The SMILES string of the molecule is CC(=O)OC1CCC2C3CCc4cc(O)cc(C)c4C3CCC12C. The quantitative estimate of drug-likeness (QED) is 0.773. The lowest BCUT2D eigenvalue weighted by Crippen LogP contribution is -2.45. The van der Waals surface area contributed by atoms with Crippen molar-refractivity contribution in [1.82, 2.24) is 0 Å². The fourth-order valence-corrected chi connectivity index (χ4v) is 6.30. The zero-order chi connectivity index (χ0) is 17.1. The van der Waals surface area contributed by atoms with Crippen molar-refractivity contribution in [2.45, 2.75) is 71.3 Å². The Morgan fingerprint density at radius 2 is 2.04 bits per heavy atom. The molecule has 3 aliphatic carbocycles. The predicted octanol–water partition coefficient (Wildman–Crippen LogP) is 4.49. The maximum atomic E-state index is 11.5. The van der Waals surface area contributed by atoms with Crippen LogP contribution in [0.4, 0.5) is 0 Å². The van der Waals surface area contributed by atoms with Crippen molar-refractivity contribution in [2.24, 2.45) is 17.3 Å². The van der Waals surface area contributed by atoms with E-state index in [2.05, 4.69) is 13.8 Å². The lowest BCUT2D eigenvalue weighted by atomic mass is 9.55. The summed E-state index contributed by atoms with van der Waals surface area (Å²) in [5.41, 5.74) is 4.25. The molecule has 3 aliphatic rings. The molecule has 5 unspecified atom stereocenters. The number of hydrogen-bond acceptors (Lipinski definition) is 3. The van der Waals surface area contributed by atoms with E-state index < -0.39 is 0 Å². The van der Waals surface area contributed by atoms with Crippen molar-refractivity contribution in [2.75, 3.05) is 0 Å². The molecule has 130 valence electrons. The largest absolute Gasteiger partial charge is 0.508 e. The first kappa shape index (κ1) is 16.0. The molecule has 0 radical (unpaired) electrons. The molecular formula is C21H28O3. The maximum absolute atomic E-state index is 11.5. The fourth-order valence-electron chi connectivity index (χ4n) is 6.30. The molecule has 2 saturated carbocycles. The Balaban J connectivity index is 1.67. The van der Waals surface area contributed by atoms with Crippen molar-refractivity contribution in [3.05, 3.63) is 28.8 Å². The first-order valence-corrected chi connectivity index (χ1v) is 9.40. The van der Waals surface area contributed by atoms with E-state index in [1.807, 2.05) is 12.1 Å². The van der Waals surface area contributed by atoms with E-state index in [-0.39, 0.29) is 17.5 Å². The van der Waals surface area contributed by atoms with Crippen molar-refractivity contribution >= 4 is 5.97 Å². The number of ether oxygens (including phenoxy) is 1. The monoisotopic (exact) mass is 328 g/mol. The highest BCUT2D eigenvalue weighted by Gasteiger charge is 2.56. The van der Waals surface area contributed by atoms with Crippen molar-refractivity contribution in [1.29, 1.82) is 0 Å². The minimum Gasteiger partial charge on any atom is -0.508 e.